The number of hydrogen-bond donors (Lipinski definition) is 1. The SMILES string of the molecule is CC1=NN(c2ccc(I)cc2)C(=O)C1=Cc1ccc(O)c([N+](=O)[O-])c1. The first-order valence-electron chi connectivity index (χ1n) is 7.21. The standard InChI is InChI=1S/C17H12IN3O4/c1-10-14(8-11-2-7-16(22)15(9-11)21(24)25)17(23)20(19-10)13-5-3-12(18)4-6-13/h2-9,22H,1H3. The van der Waals surface area contributed by atoms with E-state index in [-0.39, 0.29) is 5.91 Å². The van der Waals surface area contributed by atoms with E-state index in [2.05, 4.69) is 27.7 Å². The molecule has 0 atom stereocenters. The first-order chi connectivity index (χ1) is 11.9. The Labute approximate surface area is 156 Å². The van der Waals surface area contributed by atoms with E-state index in [1.807, 2.05) is 12.1 Å². The molecular formula is C17H12IN3O4. The Kier molecular flexibility index (Phi) is 4.53. The van der Waals surface area contributed by atoms with Crippen LogP contribution in [-0.4, -0.2) is 21.6 Å². The van der Waals surface area contributed by atoms with Gasteiger partial charge in [0.2, 0.25) is 0 Å². The van der Waals surface area contributed by atoms with Crippen molar-refractivity contribution in [2.45, 2.75) is 6.92 Å². The minimum Gasteiger partial charge on any atom is -0.502 e. The summed E-state index contributed by atoms with van der Waals surface area (Å²) in [5.74, 6) is -0.731. The molecule has 0 saturated heterocycles. The Morgan fingerprint density at radius 3 is 2.56 bits per heavy atom. The van der Waals surface area contributed by atoms with Gasteiger partial charge >= 0.3 is 5.69 Å². The number of anilines is 1. The smallest absolute Gasteiger partial charge is 0.311 e. The molecule has 2 aromatic carbocycles. The highest BCUT2D eigenvalue weighted by Crippen LogP contribution is 2.29. The lowest BCUT2D eigenvalue weighted by molar-refractivity contribution is -0.385. The predicted molar refractivity (Wildman–Crippen MR) is 102 cm³/mol. The summed E-state index contributed by atoms with van der Waals surface area (Å²) < 4.78 is 1.04. The van der Waals surface area contributed by atoms with Gasteiger partial charge in [0.25, 0.3) is 5.91 Å². The van der Waals surface area contributed by atoms with Crippen LogP contribution in [0.4, 0.5) is 11.4 Å². The minimum atomic E-state index is -0.674. The number of carbonyl (C=O) groups is 1. The van der Waals surface area contributed by atoms with Crippen molar-refractivity contribution in [2.75, 3.05) is 5.01 Å². The number of amides is 1. The van der Waals surface area contributed by atoms with Gasteiger partial charge in [0.1, 0.15) is 0 Å². The maximum absolute atomic E-state index is 12.6. The molecule has 0 radical (unpaired) electrons. The van der Waals surface area contributed by atoms with Crippen molar-refractivity contribution in [3.05, 3.63) is 67.3 Å². The van der Waals surface area contributed by atoms with Crippen molar-refractivity contribution < 1.29 is 14.8 Å². The van der Waals surface area contributed by atoms with Crippen molar-refractivity contribution >= 4 is 51.7 Å². The van der Waals surface area contributed by atoms with Gasteiger partial charge in [-0.05, 0) is 71.5 Å². The van der Waals surface area contributed by atoms with E-state index >= 15 is 0 Å². The van der Waals surface area contributed by atoms with E-state index in [0.717, 1.165) is 3.57 Å². The molecule has 25 heavy (non-hydrogen) atoms. The van der Waals surface area contributed by atoms with Crippen molar-refractivity contribution in [1.82, 2.24) is 0 Å². The van der Waals surface area contributed by atoms with E-state index in [0.29, 0.717) is 22.5 Å². The first-order valence-corrected chi connectivity index (χ1v) is 8.29. The van der Waals surface area contributed by atoms with Gasteiger partial charge in [-0.25, -0.2) is 0 Å². The zero-order valence-electron chi connectivity index (χ0n) is 13.0. The third-order valence-corrected chi connectivity index (χ3v) is 4.36. The summed E-state index contributed by atoms with van der Waals surface area (Å²) in [6, 6.07) is 11.3. The van der Waals surface area contributed by atoms with Crippen LogP contribution in [-0.2, 0) is 4.79 Å². The van der Waals surface area contributed by atoms with Crippen molar-refractivity contribution in [3.63, 3.8) is 0 Å². The number of nitro benzene ring substituents is 1. The lowest BCUT2D eigenvalue weighted by atomic mass is 10.1. The predicted octanol–water partition coefficient (Wildman–Crippen LogP) is 3.71. The zero-order chi connectivity index (χ0) is 18.1. The van der Waals surface area contributed by atoms with Gasteiger partial charge in [-0.3, -0.25) is 14.9 Å². The number of halogens is 1. The van der Waals surface area contributed by atoms with Gasteiger partial charge in [0, 0.05) is 9.64 Å². The van der Waals surface area contributed by atoms with Crippen LogP contribution in [0, 0.1) is 13.7 Å². The molecule has 1 aliphatic rings. The topological polar surface area (TPSA) is 96.0 Å². The van der Waals surface area contributed by atoms with Crippen LogP contribution < -0.4 is 5.01 Å². The number of hydrazone groups is 1. The molecule has 0 saturated carbocycles. The number of rotatable bonds is 3. The molecule has 0 bridgehead atoms. The molecule has 1 amide bonds. The highest BCUT2D eigenvalue weighted by Gasteiger charge is 2.28. The summed E-state index contributed by atoms with van der Waals surface area (Å²) in [4.78, 5) is 22.9. The summed E-state index contributed by atoms with van der Waals surface area (Å²) in [5, 5.41) is 26.0. The fourth-order valence-electron chi connectivity index (χ4n) is 2.38. The molecule has 126 valence electrons. The number of phenols is 1. The number of phenolic OH excluding ortho intramolecular Hbond substituents is 1. The fraction of sp³-hybridized carbons (Fsp3) is 0.0588. The lowest BCUT2D eigenvalue weighted by Crippen LogP contribution is -2.21. The highest BCUT2D eigenvalue weighted by molar-refractivity contribution is 14.1. The Hall–Kier alpha value is -2.75. The molecule has 8 heteroatoms. The molecule has 2 aromatic rings. The number of hydrogen-bond acceptors (Lipinski definition) is 5. The number of aromatic hydroxyl groups is 1. The van der Waals surface area contributed by atoms with E-state index in [1.54, 1.807) is 19.1 Å². The molecule has 1 N–H and O–H groups in total. The van der Waals surface area contributed by atoms with Crippen molar-refractivity contribution in [1.29, 1.82) is 0 Å². The van der Waals surface area contributed by atoms with E-state index in [9.17, 15) is 20.0 Å². The largest absolute Gasteiger partial charge is 0.502 e. The molecule has 0 spiro atoms. The van der Waals surface area contributed by atoms with Crippen LogP contribution >= 0.6 is 22.6 Å². The summed E-state index contributed by atoms with van der Waals surface area (Å²) in [5.41, 5.74) is 1.53. The maximum atomic E-state index is 12.6. The van der Waals surface area contributed by atoms with E-state index < -0.39 is 16.4 Å². The van der Waals surface area contributed by atoms with Crippen LogP contribution in [0.15, 0.2) is 53.1 Å². The van der Waals surface area contributed by atoms with Crippen molar-refractivity contribution in [3.8, 4) is 5.75 Å². The second kappa shape index (κ2) is 6.63. The molecule has 3 rings (SSSR count). The van der Waals surface area contributed by atoms with E-state index in [1.165, 1.54) is 29.3 Å². The molecule has 0 fully saturated rings. The quantitative estimate of drug-likeness (QED) is 0.335. The van der Waals surface area contributed by atoms with Crippen LogP contribution in [0.3, 0.4) is 0 Å². The Bertz CT molecular complexity index is 935. The Morgan fingerprint density at radius 2 is 1.92 bits per heavy atom. The zero-order valence-corrected chi connectivity index (χ0v) is 15.2. The number of nitrogens with zero attached hydrogens (tertiary/aromatic N) is 3. The molecule has 0 aliphatic carbocycles. The fourth-order valence-corrected chi connectivity index (χ4v) is 2.74. The molecule has 7 nitrogen and oxygen atoms in total. The van der Waals surface area contributed by atoms with E-state index in [4.69, 9.17) is 0 Å². The van der Waals surface area contributed by atoms with Gasteiger partial charge in [-0.1, -0.05) is 6.07 Å². The number of nitro groups is 1. The number of benzene rings is 2. The Morgan fingerprint density at radius 1 is 1.24 bits per heavy atom. The lowest BCUT2D eigenvalue weighted by Gasteiger charge is -2.11. The van der Waals surface area contributed by atoms with Gasteiger partial charge in [-0.2, -0.15) is 10.1 Å². The second-order valence-corrected chi connectivity index (χ2v) is 6.59. The van der Waals surface area contributed by atoms with Crippen molar-refractivity contribution in [2.24, 2.45) is 5.10 Å². The summed E-state index contributed by atoms with van der Waals surface area (Å²) in [6.45, 7) is 1.70. The summed E-state index contributed by atoms with van der Waals surface area (Å²) in [6.07, 6.45) is 1.53. The normalized spacial score (nSPS) is 15.6. The molecule has 1 heterocycles. The molecule has 0 aromatic heterocycles. The Balaban J connectivity index is 1.96. The first kappa shape index (κ1) is 17.1. The minimum absolute atomic E-state index is 0.311. The van der Waals surface area contributed by atoms with Crippen LogP contribution in [0.1, 0.15) is 12.5 Å². The molecular weight excluding hydrogens is 437 g/mol. The maximum Gasteiger partial charge on any atom is 0.311 e. The molecule has 0 unspecified atom stereocenters. The third-order valence-electron chi connectivity index (χ3n) is 3.64. The van der Waals surface area contributed by atoms with Gasteiger partial charge in [0.15, 0.2) is 5.75 Å². The van der Waals surface area contributed by atoms with Crippen LogP contribution in [0.5, 0.6) is 5.75 Å². The van der Waals surface area contributed by atoms with Gasteiger partial charge in [0.05, 0.1) is 21.9 Å². The van der Waals surface area contributed by atoms with Gasteiger partial charge < -0.3 is 5.11 Å². The van der Waals surface area contributed by atoms with Gasteiger partial charge in [-0.15, -0.1) is 0 Å². The average molecular weight is 449 g/mol. The summed E-state index contributed by atoms with van der Waals surface area (Å²) in [7, 11) is 0. The second-order valence-electron chi connectivity index (χ2n) is 5.34. The third kappa shape index (κ3) is 3.38. The van der Waals surface area contributed by atoms with Crippen LogP contribution in [0.25, 0.3) is 6.08 Å². The van der Waals surface area contributed by atoms with Crippen LogP contribution in [0.2, 0.25) is 0 Å². The highest BCUT2D eigenvalue weighted by atomic mass is 127. The summed E-state index contributed by atoms with van der Waals surface area (Å²) >= 11 is 2.17. The monoisotopic (exact) mass is 449 g/mol. The molecule has 1 aliphatic heterocycles. The average Bonchev–Trinajstić information content (AvgIpc) is 2.85. The number of carbonyl (C=O) groups excluding carboxylic acids is 1.